The second-order valence-electron chi connectivity index (χ2n) is 8.55. The second-order valence-corrected chi connectivity index (χ2v) is 8.55. The fourth-order valence-electron chi connectivity index (χ4n) is 3.74. The lowest BCUT2D eigenvalue weighted by Crippen LogP contribution is -2.54. The molecule has 2 saturated heterocycles. The van der Waals surface area contributed by atoms with Gasteiger partial charge in [-0.15, -0.1) is 0 Å². The van der Waals surface area contributed by atoms with Gasteiger partial charge in [-0.1, -0.05) is 45.0 Å². The van der Waals surface area contributed by atoms with E-state index in [9.17, 15) is 4.79 Å². The Hall–Kier alpha value is -2.11. The van der Waals surface area contributed by atoms with Crippen molar-refractivity contribution in [1.29, 1.82) is 0 Å². The summed E-state index contributed by atoms with van der Waals surface area (Å²) in [5.74, 6) is 1.01. The first-order chi connectivity index (χ1) is 12.9. The van der Waals surface area contributed by atoms with Crippen molar-refractivity contribution in [3.63, 3.8) is 0 Å². The lowest BCUT2D eigenvalue weighted by molar-refractivity contribution is -0.0999. The number of carbonyl (C=O) groups excluding carboxylic acids is 1. The molecule has 2 aromatic rings. The van der Waals surface area contributed by atoms with Crippen molar-refractivity contribution in [2.24, 2.45) is 0 Å². The van der Waals surface area contributed by atoms with Gasteiger partial charge in [0.05, 0.1) is 19.8 Å². The summed E-state index contributed by atoms with van der Waals surface area (Å²) in [5, 5.41) is 0. The van der Waals surface area contributed by atoms with Crippen molar-refractivity contribution in [1.82, 2.24) is 4.90 Å². The molecule has 0 radical (unpaired) electrons. The molecule has 1 spiro atoms. The van der Waals surface area contributed by atoms with E-state index in [1.54, 1.807) is 6.07 Å². The molecule has 2 aliphatic heterocycles. The van der Waals surface area contributed by atoms with Crippen LogP contribution >= 0.6 is 0 Å². The minimum atomic E-state index is -0.341. The molecule has 1 aromatic carbocycles. The Morgan fingerprint density at radius 3 is 2.52 bits per heavy atom. The average Bonchev–Trinajstić information content (AvgIpc) is 3.31. The number of hydrogen-bond donors (Lipinski definition) is 0. The van der Waals surface area contributed by atoms with Gasteiger partial charge in [-0.2, -0.15) is 0 Å². The Labute approximate surface area is 160 Å². The number of morpholine rings is 1. The van der Waals surface area contributed by atoms with E-state index in [4.69, 9.17) is 13.9 Å². The van der Waals surface area contributed by atoms with Crippen molar-refractivity contribution in [3.05, 3.63) is 47.7 Å². The zero-order valence-corrected chi connectivity index (χ0v) is 16.3. The molecule has 0 bridgehead atoms. The van der Waals surface area contributed by atoms with Crippen LogP contribution in [-0.4, -0.2) is 49.3 Å². The molecule has 3 heterocycles. The number of nitrogens with zero attached hydrogens (tertiary/aromatic N) is 1. The van der Waals surface area contributed by atoms with Gasteiger partial charge >= 0.3 is 0 Å². The van der Waals surface area contributed by atoms with Crippen LogP contribution in [0.4, 0.5) is 0 Å². The van der Waals surface area contributed by atoms with E-state index in [2.05, 4.69) is 32.9 Å². The quantitative estimate of drug-likeness (QED) is 0.806. The summed E-state index contributed by atoms with van der Waals surface area (Å²) >= 11 is 0. The number of hydrogen-bond acceptors (Lipinski definition) is 4. The summed E-state index contributed by atoms with van der Waals surface area (Å²) in [7, 11) is 0. The SMILES string of the molecule is CC(C)(C)c1ccc(-c2ccc(C(=O)N3CCO[C@@]4(CCOC4)C3)o2)cc1. The molecule has 144 valence electrons. The molecule has 4 rings (SSSR count). The molecule has 1 amide bonds. The van der Waals surface area contributed by atoms with Gasteiger partial charge in [-0.05, 0) is 23.1 Å². The van der Waals surface area contributed by atoms with Crippen molar-refractivity contribution < 1.29 is 18.7 Å². The van der Waals surface area contributed by atoms with Crippen LogP contribution in [-0.2, 0) is 14.9 Å². The second kappa shape index (κ2) is 6.80. The monoisotopic (exact) mass is 369 g/mol. The molecule has 0 saturated carbocycles. The predicted octanol–water partition coefficient (Wildman–Crippen LogP) is 3.88. The van der Waals surface area contributed by atoms with Crippen LogP contribution in [0, 0.1) is 0 Å². The first-order valence-electron chi connectivity index (χ1n) is 9.58. The van der Waals surface area contributed by atoms with Crippen LogP contribution in [0.2, 0.25) is 0 Å². The number of benzene rings is 1. The van der Waals surface area contributed by atoms with Crippen molar-refractivity contribution in [2.45, 2.75) is 38.2 Å². The van der Waals surface area contributed by atoms with E-state index in [-0.39, 0.29) is 16.9 Å². The molecule has 1 aromatic heterocycles. The Kier molecular flexibility index (Phi) is 4.60. The van der Waals surface area contributed by atoms with E-state index in [1.807, 2.05) is 23.1 Å². The van der Waals surface area contributed by atoms with E-state index in [1.165, 1.54) is 5.56 Å². The summed E-state index contributed by atoms with van der Waals surface area (Å²) < 4.78 is 17.3. The van der Waals surface area contributed by atoms with Crippen LogP contribution < -0.4 is 0 Å². The Bertz CT molecular complexity index is 810. The topological polar surface area (TPSA) is 51.9 Å². The van der Waals surface area contributed by atoms with Crippen LogP contribution in [0.25, 0.3) is 11.3 Å². The molecular weight excluding hydrogens is 342 g/mol. The number of ether oxygens (including phenoxy) is 2. The van der Waals surface area contributed by atoms with Gasteiger partial charge in [-0.25, -0.2) is 0 Å². The first kappa shape index (κ1) is 18.3. The third-order valence-electron chi connectivity index (χ3n) is 5.46. The van der Waals surface area contributed by atoms with Gasteiger partial charge in [0.15, 0.2) is 5.76 Å². The predicted molar refractivity (Wildman–Crippen MR) is 103 cm³/mol. The maximum atomic E-state index is 12.9. The zero-order valence-electron chi connectivity index (χ0n) is 16.3. The number of amides is 1. The van der Waals surface area contributed by atoms with Crippen LogP contribution in [0.3, 0.4) is 0 Å². The van der Waals surface area contributed by atoms with Crippen LogP contribution in [0.1, 0.15) is 43.3 Å². The summed E-state index contributed by atoms with van der Waals surface area (Å²) in [6.45, 7) is 9.50. The number of furan rings is 1. The van der Waals surface area contributed by atoms with Crippen LogP contribution in [0.15, 0.2) is 40.8 Å². The number of carbonyl (C=O) groups is 1. The highest BCUT2D eigenvalue weighted by Gasteiger charge is 2.42. The zero-order chi connectivity index (χ0) is 19.1. The minimum Gasteiger partial charge on any atom is -0.451 e. The van der Waals surface area contributed by atoms with E-state index in [0.717, 1.165) is 12.0 Å². The average molecular weight is 369 g/mol. The first-order valence-corrected chi connectivity index (χ1v) is 9.58. The van der Waals surface area contributed by atoms with Gasteiger partial charge in [0.25, 0.3) is 5.91 Å². The number of rotatable bonds is 2. The lowest BCUT2D eigenvalue weighted by atomic mass is 9.86. The lowest BCUT2D eigenvalue weighted by Gasteiger charge is -2.39. The maximum absolute atomic E-state index is 12.9. The fraction of sp³-hybridized carbons (Fsp3) is 0.500. The molecule has 5 nitrogen and oxygen atoms in total. The molecule has 0 aliphatic carbocycles. The van der Waals surface area contributed by atoms with Gasteiger partial charge in [0.1, 0.15) is 11.4 Å². The maximum Gasteiger partial charge on any atom is 0.289 e. The summed E-state index contributed by atoms with van der Waals surface area (Å²) in [4.78, 5) is 14.7. The third-order valence-corrected chi connectivity index (χ3v) is 5.46. The summed E-state index contributed by atoms with van der Waals surface area (Å²) in [6.07, 6.45) is 0.834. The van der Waals surface area contributed by atoms with E-state index in [0.29, 0.717) is 44.4 Å². The highest BCUT2D eigenvalue weighted by atomic mass is 16.6. The third kappa shape index (κ3) is 3.66. The molecule has 2 aliphatic rings. The van der Waals surface area contributed by atoms with Gasteiger partial charge < -0.3 is 18.8 Å². The molecule has 2 fully saturated rings. The van der Waals surface area contributed by atoms with Crippen molar-refractivity contribution in [2.75, 3.05) is 32.9 Å². The Morgan fingerprint density at radius 2 is 1.85 bits per heavy atom. The van der Waals surface area contributed by atoms with Gasteiger partial charge in [0, 0.05) is 25.1 Å². The highest BCUT2D eigenvalue weighted by Crippen LogP contribution is 2.30. The Morgan fingerprint density at radius 1 is 1.07 bits per heavy atom. The molecule has 1 atom stereocenters. The Balaban J connectivity index is 1.49. The summed E-state index contributed by atoms with van der Waals surface area (Å²) in [6, 6.07) is 12.0. The standard InChI is InChI=1S/C22H27NO4/c1-21(2,3)17-6-4-16(5-7-17)18-8-9-19(27-18)20(24)23-11-13-26-22(14-23)10-12-25-15-22/h4-9H,10-15H2,1-3H3/t22-/m0/s1. The van der Waals surface area contributed by atoms with E-state index >= 15 is 0 Å². The molecule has 27 heavy (non-hydrogen) atoms. The van der Waals surface area contributed by atoms with Gasteiger partial charge in [0.2, 0.25) is 0 Å². The largest absolute Gasteiger partial charge is 0.451 e. The van der Waals surface area contributed by atoms with E-state index < -0.39 is 0 Å². The smallest absolute Gasteiger partial charge is 0.289 e. The molecule has 0 N–H and O–H groups in total. The highest BCUT2D eigenvalue weighted by molar-refractivity contribution is 5.92. The van der Waals surface area contributed by atoms with Crippen molar-refractivity contribution in [3.8, 4) is 11.3 Å². The minimum absolute atomic E-state index is 0.0814. The van der Waals surface area contributed by atoms with Crippen molar-refractivity contribution >= 4 is 5.91 Å². The molecular formula is C22H27NO4. The van der Waals surface area contributed by atoms with Crippen LogP contribution in [0.5, 0.6) is 0 Å². The fourth-order valence-corrected chi connectivity index (χ4v) is 3.74. The molecule has 5 heteroatoms. The van der Waals surface area contributed by atoms with Gasteiger partial charge in [-0.3, -0.25) is 4.79 Å². The normalized spacial score (nSPS) is 23.1. The summed E-state index contributed by atoms with van der Waals surface area (Å²) in [5.41, 5.74) is 2.02. The molecule has 0 unspecified atom stereocenters.